The summed E-state index contributed by atoms with van der Waals surface area (Å²) in [6.45, 7) is 1.32. The molecule has 0 aromatic heterocycles. The van der Waals surface area contributed by atoms with Crippen molar-refractivity contribution in [2.24, 2.45) is 11.8 Å². The van der Waals surface area contributed by atoms with Gasteiger partial charge >= 0.3 is 0 Å². The Hall–Kier alpha value is -1.75. The minimum Gasteiger partial charge on any atom is -0.397 e. The number of likely N-dealkylation sites (tertiary alicyclic amines) is 1. The lowest BCUT2D eigenvalue weighted by Crippen LogP contribution is -2.44. The molecule has 1 saturated carbocycles. The number of nitrogens with zero attached hydrogens (tertiary/aromatic N) is 1. The molecule has 1 aromatic carbocycles. The van der Waals surface area contributed by atoms with Crippen molar-refractivity contribution in [3.63, 3.8) is 0 Å². The highest BCUT2D eigenvalue weighted by Crippen LogP contribution is 2.32. The second-order valence-electron chi connectivity index (χ2n) is 5.97. The molecule has 2 aliphatic rings. The van der Waals surface area contributed by atoms with E-state index in [1.165, 1.54) is 0 Å². The lowest BCUT2D eigenvalue weighted by molar-refractivity contribution is -0.135. The number of anilines is 2. The van der Waals surface area contributed by atoms with Crippen molar-refractivity contribution in [1.82, 2.24) is 4.90 Å². The summed E-state index contributed by atoms with van der Waals surface area (Å²) in [5.74, 6) is 0.269. The first-order valence-corrected chi connectivity index (χ1v) is 7.59. The van der Waals surface area contributed by atoms with Crippen LogP contribution < -0.4 is 11.1 Å². The number of hydrogen-bond acceptors (Lipinski definition) is 3. The van der Waals surface area contributed by atoms with Crippen molar-refractivity contribution in [1.29, 1.82) is 0 Å². The van der Waals surface area contributed by atoms with Gasteiger partial charge in [-0.25, -0.2) is 0 Å². The number of nitrogens with one attached hydrogen (secondary N) is 1. The van der Waals surface area contributed by atoms with Gasteiger partial charge in [0.1, 0.15) is 0 Å². The van der Waals surface area contributed by atoms with Crippen LogP contribution in [0.15, 0.2) is 24.3 Å². The zero-order chi connectivity index (χ0) is 14.8. The van der Waals surface area contributed by atoms with Crippen LogP contribution in [0.4, 0.5) is 11.4 Å². The van der Waals surface area contributed by atoms with Gasteiger partial charge in [-0.1, -0.05) is 12.1 Å². The standard InChI is InChI=1S/C16H21N3O2.ClH/c17-13-5-1-2-6-14(13)18-15(20)12-4-3-9-19(10-12)16(21)11-7-8-11;/h1-2,5-6,11-12H,3-4,7-10,17H2,(H,18,20);1H. The molecule has 5 nitrogen and oxygen atoms in total. The van der Waals surface area contributed by atoms with Gasteiger partial charge in [-0.2, -0.15) is 0 Å². The number of carbonyl (C=O) groups excluding carboxylic acids is 2. The minimum atomic E-state index is -0.138. The van der Waals surface area contributed by atoms with Crippen LogP contribution >= 0.6 is 12.4 Å². The van der Waals surface area contributed by atoms with Crippen molar-refractivity contribution >= 4 is 35.6 Å². The van der Waals surface area contributed by atoms with Crippen LogP contribution in [0.2, 0.25) is 0 Å². The highest BCUT2D eigenvalue weighted by Gasteiger charge is 2.36. The van der Waals surface area contributed by atoms with Gasteiger partial charge in [-0.05, 0) is 37.8 Å². The first-order chi connectivity index (χ1) is 10.1. The fourth-order valence-electron chi connectivity index (χ4n) is 2.83. The van der Waals surface area contributed by atoms with E-state index in [9.17, 15) is 9.59 Å². The Morgan fingerprint density at radius 2 is 1.86 bits per heavy atom. The van der Waals surface area contributed by atoms with E-state index in [-0.39, 0.29) is 36.1 Å². The van der Waals surface area contributed by atoms with Crippen molar-refractivity contribution in [2.45, 2.75) is 25.7 Å². The fourth-order valence-corrected chi connectivity index (χ4v) is 2.83. The van der Waals surface area contributed by atoms with E-state index in [0.29, 0.717) is 17.9 Å². The van der Waals surface area contributed by atoms with Gasteiger partial charge < -0.3 is 16.0 Å². The summed E-state index contributed by atoms with van der Waals surface area (Å²) in [6, 6.07) is 7.24. The van der Waals surface area contributed by atoms with Crippen LogP contribution in [0, 0.1) is 11.8 Å². The number of amides is 2. The van der Waals surface area contributed by atoms with Crippen molar-refractivity contribution in [2.75, 3.05) is 24.1 Å². The molecule has 6 heteroatoms. The highest BCUT2D eigenvalue weighted by molar-refractivity contribution is 5.95. The van der Waals surface area contributed by atoms with Gasteiger partial charge in [-0.15, -0.1) is 12.4 Å². The Labute approximate surface area is 136 Å². The van der Waals surface area contributed by atoms with Crippen LogP contribution in [0.3, 0.4) is 0 Å². The summed E-state index contributed by atoms with van der Waals surface area (Å²) in [4.78, 5) is 26.3. The third-order valence-electron chi connectivity index (χ3n) is 4.25. The average molecular weight is 324 g/mol. The molecule has 1 atom stereocenters. The largest absolute Gasteiger partial charge is 0.397 e. The SMILES string of the molecule is Cl.Nc1ccccc1NC(=O)C1CCCN(C(=O)C2CC2)C1. The molecule has 22 heavy (non-hydrogen) atoms. The predicted molar refractivity (Wildman–Crippen MR) is 88.8 cm³/mol. The number of rotatable bonds is 3. The van der Waals surface area contributed by atoms with E-state index < -0.39 is 0 Å². The zero-order valence-electron chi connectivity index (χ0n) is 12.5. The number of carbonyl (C=O) groups is 2. The Kier molecular flexibility index (Phi) is 5.29. The Morgan fingerprint density at radius 3 is 2.55 bits per heavy atom. The Bertz CT molecular complexity index is 560. The molecule has 2 fully saturated rings. The van der Waals surface area contributed by atoms with Crippen molar-refractivity contribution < 1.29 is 9.59 Å². The Balaban J connectivity index is 0.00000176. The molecule has 0 spiro atoms. The number of hydrogen-bond donors (Lipinski definition) is 2. The summed E-state index contributed by atoms with van der Waals surface area (Å²) in [5.41, 5.74) is 7.05. The topological polar surface area (TPSA) is 75.4 Å². The Morgan fingerprint density at radius 1 is 1.14 bits per heavy atom. The summed E-state index contributed by atoms with van der Waals surface area (Å²) in [6.07, 6.45) is 3.73. The molecule has 2 amide bonds. The summed E-state index contributed by atoms with van der Waals surface area (Å²) in [5, 5.41) is 2.88. The first-order valence-electron chi connectivity index (χ1n) is 7.59. The first kappa shape index (κ1) is 16.6. The quantitative estimate of drug-likeness (QED) is 0.838. The molecule has 1 heterocycles. The predicted octanol–water partition coefficient (Wildman–Crippen LogP) is 2.28. The van der Waals surface area contributed by atoms with Gasteiger partial charge in [0.05, 0.1) is 17.3 Å². The van der Waals surface area contributed by atoms with Gasteiger partial charge in [0.15, 0.2) is 0 Å². The van der Waals surface area contributed by atoms with Gasteiger partial charge in [0.2, 0.25) is 11.8 Å². The zero-order valence-corrected chi connectivity index (χ0v) is 13.3. The molecular weight excluding hydrogens is 302 g/mol. The number of piperidine rings is 1. The van der Waals surface area contributed by atoms with Crippen LogP contribution in [0.5, 0.6) is 0 Å². The van der Waals surface area contributed by atoms with E-state index in [4.69, 9.17) is 5.73 Å². The molecule has 1 aliphatic heterocycles. The lowest BCUT2D eigenvalue weighted by atomic mass is 9.96. The monoisotopic (exact) mass is 323 g/mol. The summed E-state index contributed by atoms with van der Waals surface area (Å²) >= 11 is 0. The van der Waals surface area contributed by atoms with Crippen molar-refractivity contribution in [3.05, 3.63) is 24.3 Å². The van der Waals surface area contributed by atoms with Crippen LogP contribution in [-0.4, -0.2) is 29.8 Å². The molecule has 1 unspecified atom stereocenters. The maximum Gasteiger partial charge on any atom is 0.229 e. The molecule has 3 rings (SSSR count). The number of nitrogens with two attached hydrogens (primary N) is 1. The number of para-hydroxylation sites is 2. The number of benzene rings is 1. The number of halogens is 1. The molecule has 1 saturated heterocycles. The second kappa shape index (κ2) is 7.01. The third-order valence-corrected chi connectivity index (χ3v) is 4.25. The smallest absolute Gasteiger partial charge is 0.229 e. The molecule has 120 valence electrons. The molecule has 1 aliphatic carbocycles. The van der Waals surface area contributed by atoms with Gasteiger partial charge in [0.25, 0.3) is 0 Å². The molecule has 1 aromatic rings. The van der Waals surface area contributed by atoms with E-state index in [0.717, 1.165) is 32.2 Å². The van der Waals surface area contributed by atoms with Gasteiger partial charge in [-0.3, -0.25) is 9.59 Å². The molecule has 3 N–H and O–H groups in total. The normalized spacial score (nSPS) is 20.9. The second-order valence-corrected chi connectivity index (χ2v) is 5.97. The summed E-state index contributed by atoms with van der Waals surface area (Å²) < 4.78 is 0. The third kappa shape index (κ3) is 3.71. The van der Waals surface area contributed by atoms with Crippen LogP contribution in [-0.2, 0) is 9.59 Å². The van der Waals surface area contributed by atoms with Gasteiger partial charge in [0, 0.05) is 19.0 Å². The van der Waals surface area contributed by atoms with E-state index in [1.54, 1.807) is 12.1 Å². The average Bonchev–Trinajstić information content (AvgIpc) is 3.34. The molecular formula is C16H22ClN3O2. The lowest BCUT2D eigenvalue weighted by Gasteiger charge is -2.32. The summed E-state index contributed by atoms with van der Waals surface area (Å²) in [7, 11) is 0. The van der Waals surface area contributed by atoms with Crippen LogP contribution in [0.25, 0.3) is 0 Å². The fraction of sp³-hybridized carbons (Fsp3) is 0.500. The highest BCUT2D eigenvalue weighted by atomic mass is 35.5. The van der Waals surface area contributed by atoms with Crippen LogP contribution in [0.1, 0.15) is 25.7 Å². The van der Waals surface area contributed by atoms with E-state index in [1.807, 2.05) is 17.0 Å². The molecule has 0 bridgehead atoms. The maximum absolute atomic E-state index is 12.4. The number of nitrogen functional groups attached to an aromatic ring is 1. The maximum atomic E-state index is 12.4. The van der Waals surface area contributed by atoms with E-state index >= 15 is 0 Å². The molecule has 0 radical (unpaired) electrons. The van der Waals surface area contributed by atoms with Crippen molar-refractivity contribution in [3.8, 4) is 0 Å². The van der Waals surface area contributed by atoms with E-state index in [2.05, 4.69) is 5.32 Å². The minimum absolute atomic E-state index is 0.